The van der Waals surface area contributed by atoms with Crippen LogP contribution in [0.3, 0.4) is 0 Å². The molecule has 3 heteroatoms. The van der Waals surface area contributed by atoms with Crippen molar-refractivity contribution in [3.05, 3.63) is 47.2 Å². The zero-order valence-electron chi connectivity index (χ0n) is 9.97. The van der Waals surface area contributed by atoms with Crippen LogP contribution >= 0.6 is 0 Å². The number of Topliss-reactive ketones (excluding diaryl/α,β-unsaturated/α-hetero) is 1. The number of ketones is 1. The fraction of sp³-hybridized carbons (Fsp3) is 0.286. The highest BCUT2D eigenvalue weighted by molar-refractivity contribution is 6.11. The Morgan fingerprint density at radius 3 is 2.41 bits per heavy atom. The molecule has 0 bridgehead atoms. The Bertz CT molecular complexity index is 467. The Balaban J connectivity index is 3.05. The minimum absolute atomic E-state index is 0.128. The van der Waals surface area contributed by atoms with Gasteiger partial charge in [0.1, 0.15) is 17.4 Å². The third-order valence-electron chi connectivity index (χ3n) is 2.27. The molecule has 0 aromatic heterocycles. The largest absolute Gasteiger partial charge is 0.511 e. The third kappa shape index (κ3) is 3.46. The first-order chi connectivity index (χ1) is 8.06. The van der Waals surface area contributed by atoms with E-state index in [4.69, 9.17) is 5.26 Å². The van der Waals surface area contributed by atoms with Crippen LogP contribution in [0.25, 0.3) is 0 Å². The van der Waals surface area contributed by atoms with Crippen molar-refractivity contribution in [1.29, 1.82) is 5.26 Å². The van der Waals surface area contributed by atoms with E-state index in [1.807, 2.05) is 13.8 Å². The quantitative estimate of drug-likeness (QED) is 0.373. The molecule has 3 nitrogen and oxygen atoms in total. The number of aliphatic hydroxyl groups excluding tert-OH is 1. The summed E-state index contributed by atoms with van der Waals surface area (Å²) < 4.78 is 0. The van der Waals surface area contributed by atoms with Gasteiger partial charge in [-0.1, -0.05) is 44.2 Å². The van der Waals surface area contributed by atoms with Gasteiger partial charge >= 0.3 is 0 Å². The number of carbonyl (C=O) groups excluding carboxylic acids is 1. The lowest BCUT2D eigenvalue weighted by atomic mass is 9.99. The van der Waals surface area contributed by atoms with Crippen LogP contribution < -0.4 is 0 Å². The Kier molecular flexibility index (Phi) is 4.47. The lowest BCUT2D eigenvalue weighted by Crippen LogP contribution is -2.06. The summed E-state index contributed by atoms with van der Waals surface area (Å²) in [5.41, 5.74) is 0.254. The molecule has 0 fully saturated rings. The van der Waals surface area contributed by atoms with Gasteiger partial charge in [-0.15, -0.1) is 0 Å². The summed E-state index contributed by atoms with van der Waals surface area (Å²) in [7, 11) is 0. The van der Waals surface area contributed by atoms with Gasteiger partial charge in [0.15, 0.2) is 0 Å². The maximum absolute atomic E-state index is 12.0. The summed E-state index contributed by atoms with van der Waals surface area (Å²) in [6, 6.07) is 10.3. The first-order valence-electron chi connectivity index (χ1n) is 5.48. The Morgan fingerprint density at radius 2 is 1.94 bits per heavy atom. The van der Waals surface area contributed by atoms with Crippen molar-refractivity contribution in [3.63, 3.8) is 0 Å². The van der Waals surface area contributed by atoms with Gasteiger partial charge in [-0.25, -0.2) is 0 Å². The SMILES string of the molecule is CC(C)C/C(O)=C(\C#N)C(=O)c1ccccc1. The third-order valence-corrected chi connectivity index (χ3v) is 2.27. The van der Waals surface area contributed by atoms with Crippen molar-refractivity contribution >= 4 is 5.78 Å². The highest BCUT2D eigenvalue weighted by Crippen LogP contribution is 2.16. The maximum Gasteiger partial charge on any atom is 0.206 e. The van der Waals surface area contributed by atoms with Crippen LogP contribution in [0.2, 0.25) is 0 Å². The van der Waals surface area contributed by atoms with E-state index in [2.05, 4.69) is 0 Å². The molecule has 0 heterocycles. The van der Waals surface area contributed by atoms with Crippen molar-refractivity contribution in [3.8, 4) is 6.07 Å². The summed E-state index contributed by atoms with van der Waals surface area (Å²) in [5.74, 6) is -0.357. The van der Waals surface area contributed by atoms with Crippen molar-refractivity contribution in [2.24, 2.45) is 5.92 Å². The summed E-state index contributed by atoms with van der Waals surface area (Å²) in [4.78, 5) is 12.0. The van der Waals surface area contributed by atoms with Gasteiger partial charge in [0.05, 0.1) is 0 Å². The number of allylic oxidation sites excluding steroid dienone is 2. The second-order valence-electron chi connectivity index (χ2n) is 4.23. The van der Waals surface area contributed by atoms with E-state index >= 15 is 0 Å². The molecule has 1 rings (SSSR count). The molecule has 0 atom stereocenters. The molecule has 0 aliphatic carbocycles. The number of hydrogen-bond donors (Lipinski definition) is 1. The fourth-order valence-electron chi connectivity index (χ4n) is 1.47. The molecule has 0 unspecified atom stereocenters. The van der Waals surface area contributed by atoms with E-state index in [0.29, 0.717) is 12.0 Å². The van der Waals surface area contributed by atoms with E-state index in [-0.39, 0.29) is 17.3 Å². The molecule has 1 aromatic carbocycles. The van der Waals surface area contributed by atoms with Crippen molar-refractivity contribution < 1.29 is 9.90 Å². The summed E-state index contributed by atoms with van der Waals surface area (Å²) in [5, 5.41) is 18.7. The van der Waals surface area contributed by atoms with Crippen LogP contribution in [0, 0.1) is 17.2 Å². The first-order valence-corrected chi connectivity index (χ1v) is 5.48. The van der Waals surface area contributed by atoms with Crippen LogP contribution in [0.15, 0.2) is 41.7 Å². The molecule has 0 saturated carbocycles. The molecule has 0 amide bonds. The Morgan fingerprint density at radius 1 is 1.35 bits per heavy atom. The molecule has 0 aliphatic heterocycles. The van der Waals surface area contributed by atoms with Gasteiger partial charge < -0.3 is 5.11 Å². The van der Waals surface area contributed by atoms with Crippen molar-refractivity contribution in [1.82, 2.24) is 0 Å². The normalized spacial score (nSPS) is 11.9. The number of benzene rings is 1. The molecular formula is C14H15NO2. The van der Waals surface area contributed by atoms with Crippen molar-refractivity contribution in [2.75, 3.05) is 0 Å². The highest BCUT2D eigenvalue weighted by atomic mass is 16.3. The minimum Gasteiger partial charge on any atom is -0.511 e. The summed E-state index contributed by atoms with van der Waals surface area (Å²) in [6.07, 6.45) is 0.335. The van der Waals surface area contributed by atoms with Crippen LogP contribution in [0.5, 0.6) is 0 Å². The highest BCUT2D eigenvalue weighted by Gasteiger charge is 2.17. The average Bonchev–Trinajstić information content (AvgIpc) is 2.30. The number of carbonyl (C=O) groups is 1. The van der Waals surface area contributed by atoms with Crippen LogP contribution in [0.4, 0.5) is 0 Å². The Labute approximate surface area is 101 Å². The lowest BCUT2D eigenvalue weighted by Gasteiger charge is -2.06. The average molecular weight is 229 g/mol. The lowest BCUT2D eigenvalue weighted by molar-refractivity contribution is 0.103. The van der Waals surface area contributed by atoms with Crippen LogP contribution in [0.1, 0.15) is 30.6 Å². The second-order valence-corrected chi connectivity index (χ2v) is 4.23. The van der Waals surface area contributed by atoms with Gasteiger partial charge in [-0.2, -0.15) is 5.26 Å². The minimum atomic E-state index is -0.425. The maximum atomic E-state index is 12.0. The standard InChI is InChI=1S/C14H15NO2/c1-10(2)8-13(16)12(9-15)14(17)11-6-4-3-5-7-11/h3-7,10,16H,8H2,1-2H3/b13-12-. The molecule has 0 saturated heterocycles. The number of nitriles is 1. The smallest absolute Gasteiger partial charge is 0.206 e. The van der Waals surface area contributed by atoms with E-state index < -0.39 is 5.78 Å². The monoisotopic (exact) mass is 229 g/mol. The first kappa shape index (κ1) is 13.0. The zero-order chi connectivity index (χ0) is 12.8. The van der Waals surface area contributed by atoms with E-state index in [9.17, 15) is 9.90 Å². The number of rotatable bonds is 4. The van der Waals surface area contributed by atoms with Gasteiger partial charge in [0, 0.05) is 12.0 Å². The molecule has 88 valence electrons. The molecule has 0 aliphatic rings. The summed E-state index contributed by atoms with van der Waals surface area (Å²) >= 11 is 0. The molecule has 1 aromatic rings. The fourth-order valence-corrected chi connectivity index (χ4v) is 1.47. The summed E-state index contributed by atoms with van der Waals surface area (Å²) in [6.45, 7) is 3.83. The Hall–Kier alpha value is -2.08. The van der Waals surface area contributed by atoms with Crippen molar-refractivity contribution in [2.45, 2.75) is 20.3 Å². The van der Waals surface area contributed by atoms with E-state index in [0.717, 1.165) is 0 Å². The topological polar surface area (TPSA) is 61.1 Å². The number of aliphatic hydroxyl groups is 1. The van der Waals surface area contributed by atoms with Gasteiger partial charge in [-0.05, 0) is 5.92 Å². The second kappa shape index (κ2) is 5.86. The van der Waals surface area contributed by atoms with Gasteiger partial charge in [-0.3, -0.25) is 4.79 Å². The predicted octanol–water partition coefficient (Wildman–Crippen LogP) is 3.25. The number of hydrogen-bond acceptors (Lipinski definition) is 3. The molecular weight excluding hydrogens is 214 g/mol. The van der Waals surface area contributed by atoms with Crippen LogP contribution in [-0.2, 0) is 0 Å². The predicted molar refractivity (Wildman–Crippen MR) is 65.5 cm³/mol. The molecule has 1 N–H and O–H groups in total. The van der Waals surface area contributed by atoms with Gasteiger partial charge in [0.2, 0.25) is 5.78 Å². The molecule has 0 radical (unpaired) electrons. The van der Waals surface area contributed by atoms with Crippen LogP contribution in [-0.4, -0.2) is 10.9 Å². The zero-order valence-corrected chi connectivity index (χ0v) is 9.97. The van der Waals surface area contributed by atoms with E-state index in [1.54, 1.807) is 36.4 Å². The molecule has 17 heavy (non-hydrogen) atoms. The van der Waals surface area contributed by atoms with Gasteiger partial charge in [0.25, 0.3) is 0 Å². The van der Waals surface area contributed by atoms with E-state index in [1.165, 1.54) is 0 Å². The molecule has 0 spiro atoms. The number of nitrogens with zero attached hydrogens (tertiary/aromatic N) is 1.